The third kappa shape index (κ3) is 2.58. The molecule has 19 heavy (non-hydrogen) atoms. The molecule has 0 atom stereocenters. The molecule has 0 amide bonds. The summed E-state index contributed by atoms with van der Waals surface area (Å²) in [5.41, 5.74) is 8.40. The van der Waals surface area contributed by atoms with E-state index in [9.17, 15) is 4.39 Å². The van der Waals surface area contributed by atoms with Gasteiger partial charge in [-0.1, -0.05) is 33.1 Å². The van der Waals surface area contributed by atoms with Crippen molar-refractivity contribution >= 4 is 5.69 Å². The van der Waals surface area contributed by atoms with E-state index in [1.54, 1.807) is 6.07 Å². The zero-order chi connectivity index (χ0) is 14.0. The van der Waals surface area contributed by atoms with E-state index in [-0.39, 0.29) is 11.5 Å². The van der Waals surface area contributed by atoms with E-state index in [0.717, 1.165) is 18.4 Å². The SMILES string of the molecule is CC(C)c1c(N)c(C2CCCCC2)cc(C#N)c1F. The van der Waals surface area contributed by atoms with Crippen molar-refractivity contribution < 1.29 is 4.39 Å². The first kappa shape index (κ1) is 13.9. The lowest BCUT2D eigenvalue weighted by Gasteiger charge is -2.25. The zero-order valence-corrected chi connectivity index (χ0v) is 11.7. The molecule has 2 nitrogen and oxygen atoms in total. The van der Waals surface area contributed by atoms with Crippen LogP contribution in [0, 0.1) is 17.1 Å². The van der Waals surface area contributed by atoms with Crippen LogP contribution in [0.15, 0.2) is 6.07 Å². The number of nitrogens with zero attached hydrogens (tertiary/aromatic N) is 1. The summed E-state index contributed by atoms with van der Waals surface area (Å²) in [4.78, 5) is 0. The minimum Gasteiger partial charge on any atom is -0.398 e. The van der Waals surface area contributed by atoms with Crippen LogP contribution in [0.5, 0.6) is 0 Å². The minimum atomic E-state index is -0.436. The molecule has 0 bridgehead atoms. The molecule has 0 spiro atoms. The Morgan fingerprint density at radius 2 is 1.95 bits per heavy atom. The van der Waals surface area contributed by atoms with Crippen LogP contribution in [-0.2, 0) is 0 Å². The summed E-state index contributed by atoms with van der Waals surface area (Å²) < 4.78 is 14.2. The maximum atomic E-state index is 14.2. The molecule has 3 heteroatoms. The van der Waals surface area contributed by atoms with Gasteiger partial charge in [0.25, 0.3) is 0 Å². The molecule has 0 aliphatic heterocycles. The van der Waals surface area contributed by atoms with Gasteiger partial charge in [-0.3, -0.25) is 0 Å². The van der Waals surface area contributed by atoms with Gasteiger partial charge in [0.05, 0.1) is 5.56 Å². The first-order chi connectivity index (χ1) is 9.06. The molecule has 0 radical (unpaired) electrons. The second-order valence-corrected chi connectivity index (χ2v) is 5.76. The van der Waals surface area contributed by atoms with E-state index in [1.165, 1.54) is 19.3 Å². The van der Waals surface area contributed by atoms with Crippen LogP contribution in [-0.4, -0.2) is 0 Å². The predicted molar refractivity (Wildman–Crippen MR) is 75.4 cm³/mol. The molecule has 102 valence electrons. The van der Waals surface area contributed by atoms with Gasteiger partial charge in [-0.25, -0.2) is 4.39 Å². The maximum Gasteiger partial charge on any atom is 0.146 e. The fourth-order valence-corrected chi connectivity index (χ4v) is 3.11. The third-order valence-electron chi connectivity index (χ3n) is 4.12. The smallest absolute Gasteiger partial charge is 0.146 e. The molecular weight excluding hydrogens is 239 g/mol. The molecule has 0 heterocycles. The standard InChI is InChI=1S/C16H21FN2/c1-10(2)14-15(17)12(9-18)8-13(16(14)19)11-6-4-3-5-7-11/h8,10-11H,3-7,19H2,1-2H3. The number of nitrogens with two attached hydrogens (primary N) is 1. The number of halogens is 1. The molecule has 1 aliphatic carbocycles. The molecular formula is C16H21FN2. The van der Waals surface area contributed by atoms with Gasteiger partial charge >= 0.3 is 0 Å². The Morgan fingerprint density at radius 3 is 2.47 bits per heavy atom. The van der Waals surface area contributed by atoms with Gasteiger partial charge in [-0.2, -0.15) is 5.26 Å². The van der Waals surface area contributed by atoms with E-state index in [2.05, 4.69) is 0 Å². The number of nitriles is 1. The summed E-state index contributed by atoms with van der Waals surface area (Å²) in [6, 6.07) is 3.64. The first-order valence-corrected chi connectivity index (χ1v) is 7.08. The predicted octanol–water partition coefficient (Wildman–Crippen LogP) is 4.45. The number of rotatable bonds is 2. The number of hydrogen-bond acceptors (Lipinski definition) is 2. The Labute approximate surface area is 114 Å². The molecule has 1 aromatic carbocycles. The normalized spacial score (nSPS) is 16.6. The van der Waals surface area contributed by atoms with Crippen LogP contribution in [0.3, 0.4) is 0 Å². The third-order valence-corrected chi connectivity index (χ3v) is 4.12. The van der Waals surface area contributed by atoms with Crippen molar-refractivity contribution in [2.24, 2.45) is 0 Å². The fourth-order valence-electron chi connectivity index (χ4n) is 3.11. The van der Waals surface area contributed by atoms with Crippen molar-refractivity contribution in [2.75, 3.05) is 5.73 Å². The number of benzene rings is 1. The fraction of sp³-hybridized carbons (Fsp3) is 0.562. The van der Waals surface area contributed by atoms with E-state index < -0.39 is 5.82 Å². The molecule has 1 aliphatic rings. The highest BCUT2D eigenvalue weighted by Crippen LogP contribution is 2.40. The van der Waals surface area contributed by atoms with Crippen LogP contribution in [0.4, 0.5) is 10.1 Å². The van der Waals surface area contributed by atoms with Crippen molar-refractivity contribution in [3.8, 4) is 6.07 Å². The molecule has 0 unspecified atom stereocenters. The van der Waals surface area contributed by atoms with Crippen molar-refractivity contribution in [1.29, 1.82) is 5.26 Å². The number of anilines is 1. The molecule has 1 fully saturated rings. The van der Waals surface area contributed by atoms with Gasteiger partial charge in [0, 0.05) is 11.3 Å². The van der Waals surface area contributed by atoms with Crippen molar-refractivity contribution in [2.45, 2.75) is 57.8 Å². The Hall–Kier alpha value is -1.56. The topological polar surface area (TPSA) is 49.8 Å². The lowest BCUT2D eigenvalue weighted by atomic mass is 9.81. The highest BCUT2D eigenvalue weighted by atomic mass is 19.1. The quantitative estimate of drug-likeness (QED) is 0.798. The van der Waals surface area contributed by atoms with E-state index in [1.807, 2.05) is 19.9 Å². The second kappa shape index (κ2) is 5.61. The summed E-state index contributed by atoms with van der Waals surface area (Å²) in [6.07, 6.45) is 5.84. The van der Waals surface area contributed by atoms with Gasteiger partial charge in [0.1, 0.15) is 11.9 Å². The minimum absolute atomic E-state index is 0.00404. The average Bonchev–Trinajstić information content (AvgIpc) is 2.39. The van der Waals surface area contributed by atoms with Gasteiger partial charge in [0.15, 0.2) is 0 Å². The summed E-state index contributed by atoms with van der Waals surface area (Å²) in [7, 11) is 0. The number of nitrogen functional groups attached to an aromatic ring is 1. The lowest BCUT2D eigenvalue weighted by Crippen LogP contribution is -2.12. The highest BCUT2D eigenvalue weighted by Gasteiger charge is 2.24. The number of hydrogen-bond donors (Lipinski definition) is 1. The van der Waals surface area contributed by atoms with E-state index in [4.69, 9.17) is 11.0 Å². The van der Waals surface area contributed by atoms with E-state index in [0.29, 0.717) is 17.2 Å². The Kier molecular flexibility index (Phi) is 4.09. The van der Waals surface area contributed by atoms with Crippen LogP contribution in [0.25, 0.3) is 0 Å². The molecule has 1 saturated carbocycles. The van der Waals surface area contributed by atoms with Crippen LogP contribution in [0.1, 0.15) is 74.5 Å². The van der Waals surface area contributed by atoms with Crippen LogP contribution < -0.4 is 5.73 Å². The largest absolute Gasteiger partial charge is 0.398 e. The zero-order valence-electron chi connectivity index (χ0n) is 11.7. The second-order valence-electron chi connectivity index (χ2n) is 5.76. The Balaban J connectivity index is 2.54. The van der Waals surface area contributed by atoms with Gasteiger partial charge < -0.3 is 5.73 Å². The molecule has 0 saturated heterocycles. The monoisotopic (exact) mass is 260 g/mol. The molecule has 1 aromatic rings. The van der Waals surface area contributed by atoms with Crippen molar-refractivity contribution in [1.82, 2.24) is 0 Å². The highest BCUT2D eigenvalue weighted by molar-refractivity contribution is 5.61. The van der Waals surface area contributed by atoms with Crippen LogP contribution >= 0.6 is 0 Å². The summed E-state index contributed by atoms with van der Waals surface area (Å²) in [6.45, 7) is 3.83. The van der Waals surface area contributed by atoms with Gasteiger partial charge in [0.2, 0.25) is 0 Å². The first-order valence-electron chi connectivity index (χ1n) is 7.08. The van der Waals surface area contributed by atoms with E-state index >= 15 is 0 Å². The molecule has 2 N–H and O–H groups in total. The Bertz CT molecular complexity index is 508. The summed E-state index contributed by atoms with van der Waals surface area (Å²) >= 11 is 0. The Morgan fingerprint density at radius 1 is 1.32 bits per heavy atom. The lowest BCUT2D eigenvalue weighted by molar-refractivity contribution is 0.443. The van der Waals surface area contributed by atoms with Gasteiger partial charge in [-0.05, 0) is 36.3 Å². The summed E-state index contributed by atoms with van der Waals surface area (Å²) in [5.74, 6) is -0.0517. The van der Waals surface area contributed by atoms with Crippen molar-refractivity contribution in [3.05, 3.63) is 28.6 Å². The van der Waals surface area contributed by atoms with Crippen LogP contribution in [0.2, 0.25) is 0 Å². The maximum absolute atomic E-state index is 14.2. The van der Waals surface area contributed by atoms with Gasteiger partial charge in [-0.15, -0.1) is 0 Å². The molecule has 2 rings (SSSR count). The van der Waals surface area contributed by atoms with Crippen molar-refractivity contribution in [3.63, 3.8) is 0 Å². The molecule has 0 aromatic heterocycles. The average molecular weight is 260 g/mol. The summed E-state index contributed by atoms with van der Waals surface area (Å²) in [5, 5.41) is 9.11.